The number of aliphatic imine (C=N–C) groups is 1. The molecule has 2 aromatic carbocycles. The number of nitrogens with one attached hydrogen (secondary N) is 2. The zero-order valence-corrected chi connectivity index (χ0v) is 20.5. The van der Waals surface area contributed by atoms with Crippen molar-refractivity contribution < 1.29 is 9.84 Å². The van der Waals surface area contributed by atoms with Crippen molar-refractivity contribution in [2.75, 3.05) is 32.9 Å². The smallest absolute Gasteiger partial charge is 0.191 e. The Morgan fingerprint density at radius 3 is 2.60 bits per heavy atom. The predicted octanol–water partition coefficient (Wildman–Crippen LogP) is 4.47. The summed E-state index contributed by atoms with van der Waals surface area (Å²) in [5.74, 6) is 0.780. The molecule has 1 aliphatic heterocycles. The number of hydrogen-bond donors (Lipinski definition) is 3. The molecule has 0 saturated carbocycles. The number of aliphatic hydroxyl groups is 1. The molecule has 1 saturated heterocycles. The van der Waals surface area contributed by atoms with Crippen molar-refractivity contribution in [2.45, 2.75) is 26.3 Å². The van der Waals surface area contributed by atoms with Crippen LogP contribution in [0, 0.1) is 5.41 Å². The lowest BCUT2D eigenvalue weighted by Gasteiger charge is -2.27. The number of nitrogens with zero attached hydrogens (tertiary/aromatic N) is 1. The normalized spacial score (nSPS) is 18.7. The van der Waals surface area contributed by atoms with Gasteiger partial charge in [0.25, 0.3) is 0 Å². The zero-order chi connectivity index (χ0) is 20.5. The molecule has 2 aromatic rings. The minimum atomic E-state index is -0.0217. The lowest BCUT2D eigenvalue weighted by molar-refractivity contribution is 0.127. The van der Waals surface area contributed by atoms with Crippen molar-refractivity contribution in [3.63, 3.8) is 0 Å². The number of ether oxygens (including phenoxy) is 1. The van der Waals surface area contributed by atoms with Crippen LogP contribution in [0.2, 0.25) is 5.02 Å². The van der Waals surface area contributed by atoms with Crippen molar-refractivity contribution in [1.29, 1.82) is 0 Å². The Morgan fingerprint density at radius 1 is 1.17 bits per heavy atom. The topological polar surface area (TPSA) is 65.9 Å². The number of benzene rings is 2. The summed E-state index contributed by atoms with van der Waals surface area (Å²) in [6.07, 6.45) is 1.69. The van der Waals surface area contributed by atoms with Gasteiger partial charge in [-0.2, -0.15) is 0 Å². The monoisotopic (exact) mass is 543 g/mol. The molecule has 7 heteroatoms. The number of halogens is 2. The van der Waals surface area contributed by atoms with Crippen LogP contribution < -0.4 is 10.6 Å². The van der Waals surface area contributed by atoms with Gasteiger partial charge in [-0.05, 0) is 48.6 Å². The highest BCUT2D eigenvalue weighted by Crippen LogP contribution is 2.31. The Balaban J connectivity index is 0.00000320. The van der Waals surface area contributed by atoms with Crippen LogP contribution in [0.25, 0.3) is 11.1 Å². The van der Waals surface area contributed by atoms with E-state index in [9.17, 15) is 5.11 Å². The molecule has 30 heavy (non-hydrogen) atoms. The zero-order valence-electron chi connectivity index (χ0n) is 17.4. The van der Waals surface area contributed by atoms with E-state index in [2.05, 4.69) is 29.7 Å². The molecule has 1 fully saturated rings. The average molecular weight is 544 g/mol. The van der Waals surface area contributed by atoms with Gasteiger partial charge in [-0.25, -0.2) is 4.99 Å². The van der Waals surface area contributed by atoms with E-state index in [1.54, 1.807) is 0 Å². The van der Waals surface area contributed by atoms with Crippen LogP contribution in [0.5, 0.6) is 0 Å². The first kappa shape index (κ1) is 24.9. The molecule has 0 spiro atoms. The Kier molecular flexibility index (Phi) is 10.4. The van der Waals surface area contributed by atoms with Crippen LogP contribution in [0.3, 0.4) is 0 Å². The Hall–Kier alpha value is -1.35. The van der Waals surface area contributed by atoms with E-state index in [1.807, 2.05) is 36.4 Å². The van der Waals surface area contributed by atoms with Gasteiger partial charge in [0.05, 0.1) is 13.2 Å². The summed E-state index contributed by atoms with van der Waals surface area (Å²) < 4.78 is 5.59. The van der Waals surface area contributed by atoms with E-state index < -0.39 is 0 Å². The maximum atomic E-state index is 9.43. The van der Waals surface area contributed by atoms with Gasteiger partial charge in [0.2, 0.25) is 0 Å². The highest BCUT2D eigenvalue weighted by Gasteiger charge is 2.34. The molecule has 3 N–H and O–H groups in total. The molecule has 1 unspecified atom stereocenters. The third kappa shape index (κ3) is 6.83. The van der Waals surface area contributed by atoms with Gasteiger partial charge >= 0.3 is 0 Å². The summed E-state index contributed by atoms with van der Waals surface area (Å²) >= 11 is 6.04. The molecular formula is C23H31ClIN3O2. The molecule has 1 aliphatic rings. The summed E-state index contributed by atoms with van der Waals surface area (Å²) in [7, 11) is 0. The van der Waals surface area contributed by atoms with Gasteiger partial charge in [0.1, 0.15) is 0 Å². The molecule has 5 nitrogen and oxygen atoms in total. The summed E-state index contributed by atoms with van der Waals surface area (Å²) in [5.41, 5.74) is 3.42. The summed E-state index contributed by atoms with van der Waals surface area (Å²) in [5, 5.41) is 16.9. The highest BCUT2D eigenvalue weighted by molar-refractivity contribution is 14.0. The van der Waals surface area contributed by atoms with Crippen molar-refractivity contribution in [2.24, 2.45) is 10.4 Å². The first-order valence-electron chi connectivity index (χ1n) is 10.2. The first-order valence-corrected chi connectivity index (χ1v) is 10.6. The average Bonchev–Trinajstić information content (AvgIpc) is 3.20. The Bertz CT molecular complexity index is 808. The molecule has 3 rings (SSSR count). The number of hydrogen-bond acceptors (Lipinski definition) is 3. The number of rotatable bonds is 8. The molecule has 0 bridgehead atoms. The molecule has 1 heterocycles. The van der Waals surface area contributed by atoms with Crippen LogP contribution in [0.15, 0.2) is 53.5 Å². The largest absolute Gasteiger partial charge is 0.396 e. The Labute approximate surface area is 201 Å². The SMILES string of the molecule is CCNC(=NCc1ccccc1-c1ccc(Cl)cc1)NCC1(CCO)CCOC1.I. The maximum absolute atomic E-state index is 9.43. The molecule has 0 aromatic heterocycles. The molecule has 164 valence electrons. The van der Waals surface area contributed by atoms with Crippen LogP contribution >= 0.6 is 35.6 Å². The molecular weight excluding hydrogens is 513 g/mol. The minimum Gasteiger partial charge on any atom is -0.396 e. The fourth-order valence-electron chi connectivity index (χ4n) is 3.66. The van der Waals surface area contributed by atoms with Gasteiger partial charge in [-0.15, -0.1) is 24.0 Å². The number of aliphatic hydroxyl groups excluding tert-OH is 1. The second-order valence-electron chi connectivity index (χ2n) is 7.49. The fraction of sp³-hybridized carbons (Fsp3) is 0.435. The van der Waals surface area contributed by atoms with Crippen LogP contribution in [0.1, 0.15) is 25.3 Å². The van der Waals surface area contributed by atoms with Crippen molar-refractivity contribution >= 4 is 41.5 Å². The van der Waals surface area contributed by atoms with Gasteiger partial charge in [0, 0.05) is 36.7 Å². The summed E-state index contributed by atoms with van der Waals surface area (Å²) in [4.78, 5) is 4.80. The second-order valence-corrected chi connectivity index (χ2v) is 7.93. The maximum Gasteiger partial charge on any atom is 0.191 e. The summed E-state index contributed by atoms with van der Waals surface area (Å²) in [6, 6.07) is 16.2. The summed E-state index contributed by atoms with van der Waals surface area (Å²) in [6.45, 7) is 5.75. The van der Waals surface area contributed by atoms with Crippen molar-refractivity contribution in [1.82, 2.24) is 10.6 Å². The second kappa shape index (κ2) is 12.5. The van der Waals surface area contributed by atoms with E-state index in [1.165, 1.54) is 0 Å². The van der Waals surface area contributed by atoms with Gasteiger partial charge in [-0.3, -0.25) is 0 Å². The highest BCUT2D eigenvalue weighted by atomic mass is 127. The van der Waals surface area contributed by atoms with Gasteiger partial charge in [0.15, 0.2) is 5.96 Å². The van der Waals surface area contributed by atoms with Crippen molar-refractivity contribution in [3.05, 3.63) is 59.1 Å². The van der Waals surface area contributed by atoms with E-state index in [0.717, 1.165) is 60.2 Å². The van der Waals surface area contributed by atoms with Crippen LogP contribution in [0.4, 0.5) is 0 Å². The van der Waals surface area contributed by atoms with Gasteiger partial charge < -0.3 is 20.5 Å². The number of guanidine groups is 1. The van der Waals surface area contributed by atoms with Crippen LogP contribution in [-0.2, 0) is 11.3 Å². The quantitative estimate of drug-likeness (QED) is 0.261. The van der Waals surface area contributed by atoms with Gasteiger partial charge in [-0.1, -0.05) is 48.0 Å². The van der Waals surface area contributed by atoms with Crippen LogP contribution in [-0.4, -0.2) is 44.0 Å². The van der Waals surface area contributed by atoms with E-state index >= 15 is 0 Å². The third-order valence-electron chi connectivity index (χ3n) is 5.38. The third-order valence-corrected chi connectivity index (χ3v) is 5.63. The Morgan fingerprint density at radius 2 is 1.93 bits per heavy atom. The standard InChI is InChI=1S/C23H30ClN3O2.HI/c1-2-25-22(27-16-23(11-13-28)12-14-29-17-23)26-15-19-5-3-4-6-21(19)18-7-9-20(24)10-8-18;/h3-10,28H,2,11-17H2,1H3,(H2,25,26,27);1H. The van der Waals surface area contributed by atoms with E-state index in [4.69, 9.17) is 21.3 Å². The van der Waals surface area contributed by atoms with E-state index in [-0.39, 0.29) is 36.0 Å². The van der Waals surface area contributed by atoms with E-state index in [0.29, 0.717) is 13.2 Å². The molecule has 0 amide bonds. The lowest BCUT2D eigenvalue weighted by atomic mass is 9.84. The molecule has 0 radical (unpaired) electrons. The predicted molar refractivity (Wildman–Crippen MR) is 135 cm³/mol. The lowest BCUT2D eigenvalue weighted by Crippen LogP contribution is -2.44. The molecule has 0 aliphatic carbocycles. The molecule has 1 atom stereocenters. The van der Waals surface area contributed by atoms with Crippen molar-refractivity contribution in [3.8, 4) is 11.1 Å². The minimum absolute atomic E-state index is 0. The fourth-order valence-corrected chi connectivity index (χ4v) is 3.78. The first-order chi connectivity index (χ1) is 14.2.